The first-order valence-electron chi connectivity index (χ1n) is 23.2. The predicted octanol–water partition coefficient (Wildman–Crippen LogP) is 8.87. The van der Waals surface area contributed by atoms with Crippen LogP contribution in [0.2, 0.25) is 0 Å². The summed E-state index contributed by atoms with van der Waals surface area (Å²) in [6.07, 6.45) is 37.8. The van der Waals surface area contributed by atoms with Gasteiger partial charge in [0.25, 0.3) is 0 Å². The predicted molar refractivity (Wildman–Crippen MR) is 263 cm³/mol. The van der Waals surface area contributed by atoms with Crippen molar-refractivity contribution in [2.24, 2.45) is 5.73 Å². The molecule has 0 saturated heterocycles. The molecule has 0 saturated carbocycles. The lowest BCUT2D eigenvalue weighted by molar-refractivity contribution is -0.161. The van der Waals surface area contributed by atoms with Gasteiger partial charge >= 0.3 is 33.6 Å². The maximum Gasteiger partial charge on any atom is 0.472 e. The van der Waals surface area contributed by atoms with E-state index in [9.17, 15) is 38.6 Å². The monoisotopic (exact) mass is 1010 g/mol. The van der Waals surface area contributed by atoms with Crippen LogP contribution in [0.1, 0.15) is 129 Å². The largest absolute Gasteiger partial charge is 0.481 e. The molecule has 0 aromatic carbocycles. The molecule has 17 nitrogen and oxygen atoms in total. The van der Waals surface area contributed by atoms with Crippen molar-refractivity contribution in [3.05, 3.63) is 85.1 Å². The van der Waals surface area contributed by atoms with Crippen molar-refractivity contribution in [1.82, 2.24) is 0 Å². The van der Waals surface area contributed by atoms with Crippen molar-refractivity contribution in [3.8, 4) is 0 Å². The van der Waals surface area contributed by atoms with Crippen molar-refractivity contribution < 1.29 is 76.6 Å². The Hall–Kier alpha value is -2.96. The minimum atomic E-state index is -4.98. The Kier molecular flexibility index (Phi) is 40.1. The maximum atomic E-state index is 13.2. The molecule has 0 radical (unpaired) electrons. The molecule has 8 N–H and O–H groups in total. The van der Waals surface area contributed by atoms with Crippen LogP contribution in [-0.2, 0) is 46.6 Å². The van der Waals surface area contributed by atoms with Gasteiger partial charge in [-0.1, -0.05) is 125 Å². The first-order chi connectivity index (χ1) is 32.0. The highest BCUT2D eigenvalue weighted by Gasteiger charge is 2.30. The van der Waals surface area contributed by atoms with Crippen LogP contribution >= 0.6 is 27.4 Å². The molecule has 0 bridgehead atoms. The lowest BCUT2D eigenvalue weighted by atomic mass is 10.1. The van der Waals surface area contributed by atoms with Crippen molar-refractivity contribution >= 4 is 45.3 Å². The van der Waals surface area contributed by atoms with E-state index < -0.39 is 89.6 Å². The van der Waals surface area contributed by atoms with E-state index in [2.05, 4.69) is 65.4 Å². The Bertz CT molecular complexity index is 1630. The second-order valence-electron chi connectivity index (χ2n) is 15.5. The summed E-state index contributed by atoms with van der Waals surface area (Å²) in [5, 5.41) is 29.2. The molecular weight excluding hydrogens is 929 g/mol. The van der Waals surface area contributed by atoms with Crippen LogP contribution in [0.5, 0.6) is 0 Å². The molecule has 0 aliphatic carbocycles. The maximum absolute atomic E-state index is 13.2. The highest BCUT2D eigenvalue weighted by Crippen LogP contribution is 2.44. The average Bonchev–Trinajstić information content (AvgIpc) is 3.27. The van der Waals surface area contributed by atoms with Gasteiger partial charge in [0.1, 0.15) is 18.8 Å². The molecule has 1 unspecified atom stereocenters. The van der Waals surface area contributed by atoms with Gasteiger partial charge in [0.15, 0.2) is 6.10 Å². The molecule has 67 heavy (non-hydrogen) atoms. The average molecular weight is 1010 g/mol. The fraction of sp³-hybridized carbons (Fsp3) is 0.638. The Morgan fingerprint density at radius 3 is 1.76 bits per heavy atom. The van der Waals surface area contributed by atoms with E-state index in [4.69, 9.17) is 34.6 Å². The van der Waals surface area contributed by atoms with Crippen LogP contribution in [0.4, 0.5) is 0 Å². The van der Waals surface area contributed by atoms with E-state index in [1.807, 2.05) is 24.3 Å². The van der Waals surface area contributed by atoms with Crippen molar-refractivity contribution in [2.75, 3.05) is 32.2 Å². The summed E-state index contributed by atoms with van der Waals surface area (Å²) in [5.41, 5.74) is 6.18. The number of ether oxygens (including phenoxy) is 2. The smallest absolute Gasteiger partial charge is 0.472 e. The Morgan fingerprint density at radius 2 is 1.18 bits per heavy atom. The number of phosphoric acid groups is 2. The van der Waals surface area contributed by atoms with Crippen LogP contribution in [0.25, 0.3) is 0 Å². The van der Waals surface area contributed by atoms with Crippen LogP contribution in [0.15, 0.2) is 85.1 Å². The van der Waals surface area contributed by atoms with Gasteiger partial charge in [-0.25, -0.2) is 9.13 Å². The van der Waals surface area contributed by atoms with Crippen LogP contribution in [0, 0.1) is 0 Å². The lowest BCUT2D eigenvalue weighted by Gasteiger charge is -2.23. The number of rotatable bonds is 43. The number of aliphatic carboxylic acids is 1. The second kappa shape index (κ2) is 42.0. The van der Waals surface area contributed by atoms with Crippen LogP contribution in [0.3, 0.4) is 0 Å². The first kappa shape index (κ1) is 64.0. The van der Waals surface area contributed by atoms with E-state index in [-0.39, 0.29) is 31.4 Å². The van der Waals surface area contributed by atoms with Gasteiger partial charge in [-0.3, -0.25) is 28.0 Å². The topological polar surface area (TPSA) is 279 Å². The van der Waals surface area contributed by atoms with Crippen molar-refractivity contribution in [3.63, 3.8) is 0 Å². The summed E-state index contributed by atoms with van der Waals surface area (Å²) in [6, 6.07) is -1.30. The van der Waals surface area contributed by atoms with Gasteiger partial charge in [0, 0.05) is 23.8 Å². The summed E-state index contributed by atoms with van der Waals surface area (Å²) in [6.45, 7) is 1.07. The van der Waals surface area contributed by atoms with E-state index in [1.165, 1.54) is 38.5 Å². The number of carboxylic acid groups (broad SMARTS) is 1. The Labute approximate surface area is 402 Å². The van der Waals surface area contributed by atoms with Crippen molar-refractivity contribution in [2.45, 2.75) is 159 Å². The van der Waals surface area contributed by atoms with Gasteiger partial charge in [0.05, 0.1) is 25.9 Å². The number of carbonyl (C=O) groups excluding carboxylic acids is 2. The molecule has 20 heteroatoms. The second-order valence-corrected chi connectivity index (χ2v) is 19.4. The number of aliphatic hydroxyl groups excluding tert-OH is 2. The highest BCUT2D eigenvalue weighted by molar-refractivity contribution is 8.00. The third-order valence-electron chi connectivity index (χ3n) is 9.25. The van der Waals surface area contributed by atoms with Crippen molar-refractivity contribution in [1.29, 1.82) is 0 Å². The molecular formula is C47H79NO16P2S. The zero-order valence-corrected chi connectivity index (χ0v) is 42.0. The number of hydrogen-bond acceptors (Lipinski definition) is 14. The van der Waals surface area contributed by atoms with Gasteiger partial charge in [-0.15, -0.1) is 11.8 Å². The number of allylic oxidation sites excluding steroid dienone is 13. The molecule has 0 rings (SSSR count). The summed E-state index contributed by atoms with van der Waals surface area (Å²) < 4.78 is 48.0. The number of nitrogens with two attached hydrogens (primary N) is 1. The summed E-state index contributed by atoms with van der Waals surface area (Å²) in [5.74, 6) is -2.70. The molecule has 0 amide bonds. The molecule has 0 aromatic heterocycles. The van der Waals surface area contributed by atoms with E-state index in [0.29, 0.717) is 12.8 Å². The molecule has 0 aliphatic rings. The SMILES string of the molecule is CCCCC/C=C\C\C=C/C=C/C=C/[C@@H](SC[C@H](N)C(=O)O[C@H](COC(=O)CCCC/C=C\C/C=C\C/C=C\CCCCC)COP(=O)(O)OC[C@@H](O)COP(=O)(O)O)[C@@H](O)CCCC(=O)O. The van der Waals surface area contributed by atoms with Gasteiger partial charge in [0.2, 0.25) is 0 Å². The number of thioether (sulfide) groups is 1. The third-order valence-corrected chi connectivity index (χ3v) is 12.1. The van der Waals surface area contributed by atoms with Gasteiger partial charge < -0.3 is 45.2 Å². The quantitative estimate of drug-likeness (QED) is 0.00987. The number of unbranched alkanes of at least 4 members (excludes halogenated alkanes) is 8. The molecule has 6 atom stereocenters. The molecule has 0 fully saturated rings. The molecule has 0 aromatic rings. The normalized spacial score (nSPS) is 15.9. The molecule has 0 heterocycles. The third kappa shape index (κ3) is 42.8. The molecule has 384 valence electrons. The minimum Gasteiger partial charge on any atom is -0.481 e. The molecule has 0 aliphatic heterocycles. The number of carbonyl (C=O) groups is 3. The minimum absolute atomic E-state index is 0.0396. The standard InChI is InChI=1S/C47H79NO16P2S/c1-3-5-7-9-11-13-15-17-18-19-21-23-25-27-29-34-46(53)60-37-41(38-63-66(58,59)62-36-40(49)35-61-65(55,56)57)64-47(54)42(48)39-67-44(43(50)31-30-33-45(51)52)32-28-26-24-22-20-16-14-12-10-8-6-4-2/h11-14,17-18,20-24,26,28,32,40-44,49-50H,3-10,15-16,19,25,27,29-31,33-39,48H2,1-2H3,(H,51,52)(H,58,59)(H2,55,56,57)/b13-11-,14-12-,18-17-,22-20-,23-21-,26-24+,32-28+/t40-,41+,42-,43-,44+/m0/s1. The summed E-state index contributed by atoms with van der Waals surface area (Å²) in [4.78, 5) is 64.7. The first-order valence-corrected chi connectivity index (χ1v) is 27.3. The Balaban J connectivity index is 5.47. The fourth-order valence-electron chi connectivity index (χ4n) is 5.54. The highest BCUT2D eigenvalue weighted by atomic mass is 32.2. The van der Waals surface area contributed by atoms with Crippen LogP contribution in [-0.4, -0.2) is 110 Å². The zero-order chi connectivity index (χ0) is 50.0. The van der Waals surface area contributed by atoms with E-state index in [1.54, 1.807) is 18.2 Å². The number of phosphoric ester groups is 2. The van der Waals surface area contributed by atoms with Crippen LogP contribution < -0.4 is 5.73 Å². The zero-order valence-electron chi connectivity index (χ0n) is 39.4. The summed E-state index contributed by atoms with van der Waals surface area (Å²) in [7, 11) is -9.92. The number of esters is 2. The molecule has 0 spiro atoms. The van der Waals surface area contributed by atoms with Gasteiger partial charge in [-0.05, 0) is 77.0 Å². The lowest BCUT2D eigenvalue weighted by Crippen LogP contribution is -2.40. The number of hydrogen-bond donors (Lipinski definition) is 7. The summed E-state index contributed by atoms with van der Waals surface area (Å²) >= 11 is 1.12. The van der Waals surface area contributed by atoms with E-state index >= 15 is 0 Å². The number of carboxylic acids is 1. The van der Waals surface area contributed by atoms with E-state index in [0.717, 1.165) is 50.3 Å². The fourth-order valence-corrected chi connectivity index (χ4v) is 7.82. The number of aliphatic hydroxyl groups is 2. The Morgan fingerprint density at radius 1 is 0.642 bits per heavy atom. The van der Waals surface area contributed by atoms with Gasteiger partial charge in [-0.2, -0.15) is 0 Å².